The molecule has 1 saturated carbocycles. The lowest BCUT2D eigenvalue weighted by molar-refractivity contribution is 0.0953. The Hall–Kier alpha value is -1.31. The molecule has 1 atom stereocenters. The van der Waals surface area contributed by atoms with Crippen LogP contribution in [0.3, 0.4) is 0 Å². The molecule has 0 spiro atoms. The third-order valence-electron chi connectivity index (χ3n) is 3.03. The number of benzene rings is 1. The normalized spacial score (nSPS) is 23.1. The fourth-order valence-electron chi connectivity index (χ4n) is 1.76. The number of hydrogen-bond donors (Lipinski definition) is 1. The van der Waals surface area contributed by atoms with Crippen LogP contribution in [-0.4, -0.2) is 5.78 Å². The Labute approximate surface area is 84.1 Å². The van der Waals surface area contributed by atoms with Crippen molar-refractivity contribution in [2.24, 2.45) is 11.3 Å². The zero-order chi connectivity index (χ0) is 10.3. The number of Topliss-reactive ketones (excluding diaryl/α,β-unsaturated/α-hetero) is 1. The maximum atomic E-state index is 11.9. The summed E-state index contributed by atoms with van der Waals surface area (Å²) in [5.41, 5.74) is 7.26. The van der Waals surface area contributed by atoms with Crippen molar-refractivity contribution < 1.29 is 4.79 Å². The fraction of sp³-hybridized carbons (Fsp3) is 0.417. The van der Waals surface area contributed by atoms with Gasteiger partial charge in [-0.15, -0.1) is 0 Å². The number of carbonyl (C=O) groups is 1. The molecule has 0 radical (unpaired) electrons. The van der Waals surface area contributed by atoms with Gasteiger partial charge in [-0.05, 0) is 36.1 Å². The van der Waals surface area contributed by atoms with E-state index in [1.54, 1.807) is 12.1 Å². The number of nitrogens with two attached hydrogens (primary N) is 1. The van der Waals surface area contributed by atoms with Gasteiger partial charge in [0.1, 0.15) is 0 Å². The lowest BCUT2D eigenvalue weighted by Gasteiger charge is -2.03. The summed E-state index contributed by atoms with van der Waals surface area (Å²) >= 11 is 0. The molecule has 14 heavy (non-hydrogen) atoms. The average Bonchev–Trinajstić information content (AvgIpc) is 2.75. The van der Waals surface area contributed by atoms with Gasteiger partial charge in [0.25, 0.3) is 0 Å². The zero-order valence-electron chi connectivity index (χ0n) is 8.58. The van der Waals surface area contributed by atoms with Crippen molar-refractivity contribution in [1.29, 1.82) is 0 Å². The molecule has 0 heterocycles. The molecule has 1 aliphatic carbocycles. The van der Waals surface area contributed by atoms with Crippen molar-refractivity contribution in [3.05, 3.63) is 29.8 Å². The Morgan fingerprint density at radius 1 is 1.36 bits per heavy atom. The zero-order valence-corrected chi connectivity index (χ0v) is 8.58. The number of nitrogen functional groups attached to an aromatic ring is 1. The number of rotatable bonds is 2. The van der Waals surface area contributed by atoms with E-state index in [4.69, 9.17) is 5.73 Å². The number of anilines is 1. The fourth-order valence-corrected chi connectivity index (χ4v) is 1.76. The summed E-state index contributed by atoms with van der Waals surface area (Å²) in [6.07, 6.45) is 1.01. The molecule has 0 aromatic heterocycles. The monoisotopic (exact) mass is 189 g/mol. The molecule has 0 bridgehead atoms. The molecule has 1 fully saturated rings. The molecule has 74 valence electrons. The summed E-state index contributed by atoms with van der Waals surface area (Å²) in [4.78, 5) is 11.9. The van der Waals surface area contributed by atoms with Crippen molar-refractivity contribution in [2.75, 3.05) is 5.73 Å². The molecule has 2 heteroatoms. The third kappa shape index (κ3) is 1.52. The van der Waals surface area contributed by atoms with Crippen LogP contribution in [-0.2, 0) is 0 Å². The van der Waals surface area contributed by atoms with E-state index in [9.17, 15) is 4.79 Å². The highest BCUT2D eigenvalue weighted by Gasteiger charge is 2.50. The summed E-state index contributed by atoms with van der Waals surface area (Å²) in [5, 5.41) is 0. The smallest absolute Gasteiger partial charge is 0.166 e. The number of hydrogen-bond acceptors (Lipinski definition) is 2. The van der Waals surface area contributed by atoms with E-state index in [2.05, 4.69) is 13.8 Å². The van der Waals surface area contributed by atoms with Crippen molar-refractivity contribution in [1.82, 2.24) is 0 Å². The van der Waals surface area contributed by atoms with Crippen LogP contribution in [0, 0.1) is 11.3 Å². The van der Waals surface area contributed by atoms with Crippen molar-refractivity contribution in [3.63, 3.8) is 0 Å². The van der Waals surface area contributed by atoms with Gasteiger partial charge in [-0.2, -0.15) is 0 Å². The Bertz CT molecular complexity index is 364. The highest BCUT2D eigenvalue weighted by atomic mass is 16.1. The SMILES string of the molecule is CC1(C)CC1C(=O)c1ccc(N)cc1. The first kappa shape index (κ1) is 9.25. The molecular weight excluding hydrogens is 174 g/mol. The summed E-state index contributed by atoms with van der Waals surface area (Å²) in [5.74, 6) is 0.473. The van der Waals surface area contributed by atoms with E-state index in [1.165, 1.54) is 0 Å². The standard InChI is InChI=1S/C12H15NO/c1-12(2)7-10(12)11(14)8-3-5-9(13)6-4-8/h3-6,10H,7,13H2,1-2H3. The minimum absolute atomic E-state index is 0.207. The number of carbonyl (C=O) groups excluding carboxylic acids is 1. The molecule has 1 aliphatic rings. The van der Waals surface area contributed by atoms with Crippen LogP contribution in [0.15, 0.2) is 24.3 Å². The lowest BCUT2D eigenvalue weighted by atomic mass is 10.0. The van der Waals surface area contributed by atoms with Crippen LogP contribution in [0.1, 0.15) is 30.6 Å². The Morgan fingerprint density at radius 2 is 1.86 bits per heavy atom. The largest absolute Gasteiger partial charge is 0.399 e. The van der Waals surface area contributed by atoms with E-state index in [0.717, 1.165) is 12.0 Å². The first-order chi connectivity index (χ1) is 6.50. The van der Waals surface area contributed by atoms with E-state index in [-0.39, 0.29) is 17.1 Å². The van der Waals surface area contributed by atoms with Gasteiger partial charge < -0.3 is 5.73 Å². The molecule has 1 aromatic carbocycles. The summed E-state index contributed by atoms with van der Waals surface area (Å²) in [6.45, 7) is 4.26. The van der Waals surface area contributed by atoms with E-state index < -0.39 is 0 Å². The molecule has 1 unspecified atom stereocenters. The molecule has 2 rings (SSSR count). The second kappa shape index (κ2) is 2.84. The average molecular weight is 189 g/mol. The number of ketones is 1. The highest BCUT2D eigenvalue weighted by molar-refractivity contribution is 6.00. The lowest BCUT2D eigenvalue weighted by Crippen LogP contribution is -2.06. The summed E-state index contributed by atoms with van der Waals surface area (Å²) in [6, 6.07) is 7.18. The highest BCUT2D eigenvalue weighted by Crippen LogP contribution is 2.53. The van der Waals surface area contributed by atoms with Crippen LogP contribution in [0.2, 0.25) is 0 Å². The van der Waals surface area contributed by atoms with Crippen molar-refractivity contribution >= 4 is 11.5 Å². The Balaban J connectivity index is 2.17. The van der Waals surface area contributed by atoms with Crippen LogP contribution in [0.25, 0.3) is 0 Å². The van der Waals surface area contributed by atoms with Crippen LogP contribution < -0.4 is 5.73 Å². The van der Waals surface area contributed by atoms with Crippen LogP contribution >= 0.6 is 0 Å². The van der Waals surface area contributed by atoms with E-state index in [0.29, 0.717) is 5.69 Å². The Kier molecular flexibility index (Phi) is 1.88. The van der Waals surface area contributed by atoms with Crippen LogP contribution in [0.4, 0.5) is 5.69 Å². The predicted octanol–water partition coefficient (Wildman–Crippen LogP) is 2.50. The predicted molar refractivity (Wildman–Crippen MR) is 57.1 cm³/mol. The molecular formula is C12H15NO. The van der Waals surface area contributed by atoms with Gasteiger partial charge in [0.2, 0.25) is 0 Å². The molecule has 0 amide bonds. The second-order valence-corrected chi connectivity index (χ2v) is 4.73. The first-order valence-electron chi connectivity index (χ1n) is 4.90. The maximum Gasteiger partial charge on any atom is 0.166 e. The minimum atomic E-state index is 0.207. The molecule has 0 aliphatic heterocycles. The Morgan fingerprint density at radius 3 is 2.29 bits per heavy atom. The quantitative estimate of drug-likeness (QED) is 0.573. The molecule has 2 N–H and O–H groups in total. The van der Waals surface area contributed by atoms with Gasteiger partial charge in [-0.3, -0.25) is 4.79 Å². The second-order valence-electron chi connectivity index (χ2n) is 4.73. The van der Waals surface area contributed by atoms with Crippen molar-refractivity contribution in [3.8, 4) is 0 Å². The molecule has 1 aromatic rings. The van der Waals surface area contributed by atoms with Gasteiger partial charge in [-0.25, -0.2) is 0 Å². The minimum Gasteiger partial charge on any atom is -0.399 e. The topological polar surface area (TPSA) is 43.1 Å². The third-order valence-corrected chi connectivity index (χ3v) is 3.03. The van der Waals surface area contributed by atoms with Gasteiger partial charge in [0, 0.05) is 17.2 Å². The first-order valence-corrected chi connectivity index (χ1v) is 4.90. The van der Waals surface area contributed by atoms with Gasteiger partial charge in [0.05, 0.1) is 0 Å². The van der Waals surface area contributed by atoms with E-state index in [1.807, 2.05) is 12.1 Å². The van der Waals surface area contributed by atoms with Crippen LogP contribution in [0.5, 0.6) is 0 Å². The molecule has 2 nitrogen and oxygen atoms in total. The van der Waals surface area contributed by atoms with Gasteiger partial charge in [0.15, 0.2) is 5.78 Å². The summed E-state index contributed by atoms with van der Waals surface area (Å²) in [7, 11) is 0. The molecule has 0 saturated heterocycles. The van der Waals surface area contributed by atoms with Gasteiger partial charge >= 0.3 is 0 Å². The van der Waals surface area contributed by atoms with Gasteiger partial charge in [-0.1, -0.05) is 13.8 Å². The van der Waals surface area contributed by atoms with Crippen molar-refractivity contribution in [2.45, 2.75) is 20.3 Å². The maximum absolute atomic E-state index is 11.9. The van der Waals surface area contributed by atoms with E-state index >= 15 is 0 Å². The summed E-state index contributed by atoms with van der Waals surface area (Å²) < 4.78 is 0.